The van der Waals surface area contributed by atoms with Crippen molar-refractivity contribution in [3.63, 3.8) is 0 Å². The Morgan fingerprint density at radius 3 is 2.86 bits per heavy atom. The SMILES string of the molecule is O=C(OC1CCCCC1)OC(OCCCCN1CCNCC1c1cccc2sccc12)Oc1ccc2ccccc2n1. The van der Waals surface area contributed by atoms with Crippen LogP contribution in [-0.2, 0) is 14.2 Å². The second-order valence-corrected chi connectivity index (χ2v) is 12.0. The number of pyridine rings is 1. The minimum absolute atomic E-state index is 0.113. The predicted octanol–water partition coefficient (Wildman–Crippen LogP) is 7.04. The minimum Gasteiger partial charge on any atom is -0.431 e. The minimum atomic E-state index is -1.24. The molecule has 3 heterocycles. The van der Waals surface area contributed by atoms with E-state index in [1.54, 1.807) is 17.4 Å². The Balaban J connectivity index is 1.04. The van der Waals surface area contributed by atoms with Gasteiger partial charge in [-0.2, -0.15) is 0 Å². The smallest absolute Gasteiger partial charge is 0.431 e. The molecule has 1 N–H and O–H groups in total. The second-order valence-electron chi connectivity index (χ2n) is 11.0. The lowest BCUT2D eigenvalue weighted by atomic mass is 9.98. The molecule has 222 valence electrons. The summed E-state index contributed by atoms with van der Waals surface area (Å²) in [5.41, 5.74) is 2.18. The second kappa shape index (κ2) is 14.3. The summed E-state index contributed by atoms with van der Waals surface area (Å²) in [6.45, 7) is 3.03. The van der Waals surface area contributed by atoms with E-state index >= 15 is 0 Å². The van der Waals surface area contributed by atoms with Crippen LogP contribution in [0.3, 0.4) is 0 Å². The van der Waals surface area contributed by atoms with Gasteiger partial charge in [-0.1, -0.05) is 36.8 Å². The molecular weight excluding hydrogens is 550 g/mol. The molecule has 0 bridgehead atoms. The number of hydrogen-bond donors (Lipinski definition) is 1. The van der Waals surface area contributed by atoms with Gasteiger partial charge in [0, 0.05) is 41.8 Å². The Morgan fingerprint density at radius 2 is 1.93 bits per heavy atom. The maximum atomic E-state index is 12.6. The molecule has 1 saturated carbocycles. The van der Waals surface area contributed by atoms with Crippen molar-refractivity contribution in [2.24, 2.45) is 0 Å². The number of hydrogen-bond acceptors (Lipinski definition) is 9. The van der Waals surface area contributed by atoms with E-state index in [4.69, 9.17) is 18.9 Å². The molecule has 2 aliphatic rings. The molecule has 0 amide bonds. The highest BCUT2D eigenvalue weighted by Gasteiger charge is 2.26. The molecule has 42 heavy (non-hydrogen) atoms. The van der Waals surface area contributed by atoms with Crippen molar-refractivity contribution in [3.05, 3.63) is 71.6 Å². The summed E-state index contributed by atoms with van der Waals surface area (Å²) in [6, 6.07) is 20.7. The standard InChI is InChI=1S/C33H39N3O5S/c37-32(39-25-10-2-1-3-11-25)41-33(40-31-16-15-24-9-4-5-13-28(24)35-31)38-21-7-6-19-36-20-18-34-23-29(36)26-12-8-14-30-27(26)17-22-42-30/h4-5,8-9,12-17,22,25,29,33-34H,1-3,6-7,10-11,18-21,23H2. The highest BCUT2D eigenvalue weighted by atomic mass is 32.1. The summed E-state index contributed by atoms with van der Waals surface area (Å²) in [5, 5.41) is 8.10. The van der Waals surface area contributed by atoms with E-state index in [1.807, 2.05) is 30.3 Å². The van der Waals surface area contributed by atoms with Crippen LogP contribution in [0.5, 0.6) is 5.88 Å². The number of piperazine rings is 1. The van der Waals surface area contributed by atoms with Gasteiger partial charge in [-0.05, 0) is 85.7 Å². The Morgan fingerprint density at radius 1 is 1.02 bits per heavy atom. The molecule has 1 aliphatic carbocycles. The fourth-order valence-corrected chi connectivity index (χ4v) is 6.78. The first kappa shape index (κ1) is 28.9. The zero-order valence-electron chi connectivity index (χ0n) is 23.9. The number of fused-ring (bicyclic) bond motifs is 2. The molecule has 6 rings (SSSR count). The molecule has 1 aliphatic heterocycles. The molecule has 8 nitrogen and oxygen atoms in total. The summed E-state index contributed by atoms with van der Waals surface area (Å²) < 4.78 is 24.3. The van der Waals surface area contributed by atoms with Crippen LogP contribution in [0.2, 0.25) is 0 Å². The van der Waals surface area contributed by atoms with Crippen molar-refractivity contribution in [2.75, 3.05) is 32.8 Å². The van der Waals surface area contributed by atoms with Crippen molar-refractivity contribution < 1.29 is 23.7 Å². The predicted molar refractivity (Wildman–Crippen MR) is 165 cm³/mol. The first-order valence-electron chi connectivity index (χ1n) is 15.2. The van der Waals surface area contributed by atoms with Gasteiger partial charge in [0.05, 0.1) is 12.1 Å². The number of thiophene rings is 1. The van der Waals surface area contributed by atoms with Crippen LogP contribution < -0.4 is 10.1 Å². The molecular formula is C33H39N3O5S. The van der Waals surface area contributed by atoms with Crippen LogP contribution in [0.4, 0.5) is 4.79 Å². The summed E-state index contributed by atoms with van der Waals surface area (Å²) in [6.07, 6.45) is 5.89. The van der Waals surface area contributed by atoms with Crippen LogP contribution in [-0.4, -0.2) is 61.4 Å². The molecule has 2 fully saturated rings. The van der Waals surface area contributed by atoms with Gasteiger partial charge >= 0.3 is 12.6 Å². The van der Waals surface area contributed by atoms with Gasteiger partial charge in [0.1, 0.15) is 6.10 Å². The average Bonchev–Trinajstić information content (AvgIpc) is 3.51. The number of benzene rings is 2. The fourth-order valence-electron chi connectivity index (χ4n) is 5.95. The van der Waals surface area contributed by atoms with Crippen LogP contribution in [0.25, 0.3) is 21.0 Å². The summed E-state index contributed by atoms with van der Waals surface area (Å²) in [4.78, 5) is 19.7. The molecule has 4 aromatic rings. The van der Waals surface area contributed by atoms with E-state index in [1.165, 1.54) is 22.1 Å². The largest absolute Gasteiger partial charge is 0.513 e. The molecule has 9 heteroatoms. The third kappa shape index (κ3) is 7.39. The number of para-hydroxylation sites is 1. The average molecular weight is 590 g/mol. The first-order chi connectivity index (χ1) is 20.7. The van der Waals surface area contributed by atoms with Gasteiger partial charge in [0.2, 0.25) is 5.88 Å². The lowest BCUT2D eigenvalue weighted by Gasteiger charge is -2.37. The van der Waals surface area contributed by atoms with Gasteiger partial charge in [-0.3, -0.25) is 4.90 Å². The van der Waals surface area contributed by atoms with E-state index in [0.717, 1.165) is 75.6 Å². The van der Waals surface area contributed by atoms with Crippen molar-refractivity contribution in [2.45, 2.75) is 63.6 Å². The van der Waals surface area contributed by atoms with E-state index in [2.05, 4.69) is 44.8 Å². The molecule has 2 unspecified atom stereocenters. The fraction of sp³-hybridized carbons (Fsp3) is 0.455. The highest BCUT2D eigenvalue weighted by molar-refractivity contribution is 7.17. The Bertz CT molecular complexity index is 1460. The molecule has 2 aromatic carbocycles. The van der Waals surface area contributed by atoms with Crippen molar-refractivity contribution in [1.82, 2.24) is 15.2 Å². The summed E-state index contributed by atoms with van der Waals surface area (Å²) >= 11 is 1.79. The van der Waals surface area contributed by atoms with Crippen LogP contribution in [0.15, 0.2) is 66.0 Å². The van der Waals surface area contributed by atoms with Crippen LogP contribution in [0.1, 0.15) is 56.6 Å². The maximum absolute atomic E-state index is 12.6. The zero-order valence-corrected chi connectivity index (χ0v) is 24.7. The Hall–Kier alpha value is -3.24. The number of aromatic nitrogens is 1. The quantitative estimate of drug-likeness (QED) is 0.113. The van der Waals surface area contributed by atoms with Gasteiger partial charge in [-0.15, -0.1) is 11.3 Å². The van der Waals surface area contributed by atoms with Crippen molar-refractivity contribution in [3.8, 4) is 5.88 Å². The number of rotatable bonds is 11. The number of nitrogens with one attached hydrogen (secondary N) is 1. The number of unbranched alkanes of at least 4 members (excludes halogenated alkanes) is 1. The molecule has 0 radical (unpaired) electrons. The number of carbonyl (C=O) groups excluding carboxylic acids is 1. The van der Waals surface area contributed by atoms with Crippen LogP contribution >= 0.6 is 11.3 Å². The lowest BCUT2D eigenvalue weighted by molar-refractivity contribution is -0.228. The van der Waals surface area contributed by atoms with Gasteiger partial charge in [-0.25, -0.2) is 9.78 Å². The Kier molecular flexibility index (Phi) is 9.82. The zero-order chi connectivity index (χ0) is 28.6. The molecule has 1 saturated heterocycles. The normalized spacial score (nSPS) is 19.1. The van der Waals surface area contributed by atoms with Crippen LogP contribution in [0, 0.1) is 0 Å². The van der Waals surface area contributed by atoms with Crippen molar-refractivity contribution >= 4 is 38.5 Å². The van der Waals surface area contributed by atoms with Gasteiger partial charge in [0.25, 0.3) is 0 Å². The van der Waals surface area contributed by atoms with E-state index < -0.39 is 12.6 Å². The van der Waals surface area contributed by atoms with E-state index in [0.29, 0.717) is 18.5 Å². The Labute approximate surface area is 250 Å². The number of nitrogens with zero attached hydrogens (tertiary/aromatic N) is 2. The van der Waals surface area contributed by atoms with Gasteiger partial charge < -0.3 is 24.3 Å². The van der Waals surface area contributed by atoms with E-state index in [9.17, 15) is 4.79 Å². The maximum Gasteiger partial charge on any atom is 0.513 e. The molecule has 2 atom stereocenters. The lowest BCUT2D eigenvalue weighted by Crippen LogP contribution is -2.46. The van der Waals surface area contributed by atoms with Crippen molar-refractivity contribution in [1.29, 1.82) is 0 Å². The highest BCUT2D eigenvalue weighted by Crippen LogP contribution is 2.32. The third-order valence-corrected chi connectivity index (χ3v) is 9.02. The number of ether oxygens (including phenoxy) is 4. The molecule has 0 spiro atoms. The number of carbonyl (C=O) groups is 1. The van der Waals surface area contributed by atoms with Gasteiger partial charge in [0.15, 0.2) is 0 Å². The third-order valence-electron chi connectivity index (χ3n) is 8.13. The topological polar surface area (TPSA) is 82.2 Å². The summed E-state index contributed by atoms with van der Waals surface area (Å²) in [7, 11) is 0. The summed E-state index contributed by atoms with van der Waals surface area (Å²) in [5.74, 6) is 0.329. The first-order valence-corrected chi connectivity index (χ1v) is 16.0. The molecule has 2 aromatic heterocycles. The van der Waals surface area contributed by atoms with E-state index in [-0.39, 0.29) is 6.10 Å². The monoisotopic (exact) mass is 589 g/mol.